The van der Waals surface area contributed by atoms with Gasteiger partial charge in [-0.3, -0.25) is 9.59 Å². The quantitative estimate of drug-likeness (QED) is 0.819. The number of carbonyl (C=O) groups is 2. The van der Waals surface area contributed by atoms with Gasteiger partial charge in [0.05, 0.1) is 0 Å². The van der Waals surface area contributed by atoms with Gasteiger partial charge in [-0.1, -0.05) is 30.3 Å². The van der Waals surface area contributed by atoms with Crippen LogP contribution in [0.15, 0.2) is 30.3 Å². The molecule has 1 aliphatic carbocycles. The van der Waals surface area contributed by atoms with Crippen molar-refractivity contribution in [1.82, 2.24) is 5.32 Å². The van der Waals surface area contributed by atoms with Crippen LogP contribution in [0, 0.1) is 5.41 Å². The van der Waals surface area contributed by atoms with Crippen LogP contribution in [0.3, 0.4) is 0 Å². The zero-order valence-corrected chi connectivity index (χ0v) is 11.0. The van der Waals surface area contributed by atoms with Crippen LogP contribution in [0.1, 0.15) is 18.4 Å². The van der Waals surface area contributed by atoms with Crippen LogP contribution in [0.4, 0.5) is 13.2 Å². The zero-order chi connectivity index (χ0) is 15.7. The van der Waals surface area contributed by atoms with Crippen LogP contribution in [-0.2, 0) is 16.0 Å². The molecule has 2 N–H and O–H groups in total. The Kier molecular flexibility index (Phi) is 3.93. The maximum atomic E-state index is 13.0. The first-order valence-electron chi connectivity index (χ1n) is 6.41. The number of benzene rings is 1. The molecule has 0 bridgehead atoms. The molecule has 7 heteroatoms. The molecule has 1 aromatic carbocycles. The Morgan fingerprint density at radius 2 is 1.81 bits per heavy atom. The summed E-state index contributed by atoms with van der Waals surface area (Å²) >= 11 is 0. The van der Waals surface area contributed by atoms with Crippen molar-refractivity contribution < 1.29 is 27.9 Å². The van der Waals surface area contributed by atoms with Gasteiger partial charge in [0.1, 0.15) is 11.5 Å². The Labute approximate surface area is 119 Å². The fourth-order valence-corrected chi connectivity index (χ4v) is 2.06. The minimum atomic E-state index is -4.64. The third-order valence-electron chi connectivity index (χ3n) is 3.58. The highest BCUT2D eigenvalue weighted by Crippen LogP contribution is 2.46. The Hall–Kier alpha value is -2.05. The molecule has 1 aromatic rings. The van der Waals surface area contributed by atoms with Crippen LogP contribution in [0.5, 0.6) is 0 Å². The number of rotatable bonds is 5. The average Bonchev–Trinajstić information content (AvgIpc) is 3.19. The number of carboxylic acid groups (broad SMARTS) is 1. The molecule has 0 spiro atoms. The average molecular weight is 301 g/mol. The second-order valence-electron chi connectivity index (χ2n) is 5.14. The predicted molar refractivity (Wildman–Crippen MR) is 67.4 cm³/mol. The molecule has 0 saturated heterocycles. The van der Waals surface area contributed by atoms with E-state index in [1.54, 1.807) is 18.2 Å². The lowest BCUT2D eigenvalue weighted by atomic mass is 10.0. The van der Waals surface area contributed by atoms with Gasteiger partial charge in [0.25, 0.3) is 0 Å². The van der Waals surface area contributed by atoms with Crippen molar-refractivity contribution in [2.75, 3.05) is 0 Å². The summed E-state index contributed by atoms with van der Waals surface area (Å²) in [5, 5.41) is 10.8. The van der Waals surface area contributed by atoms with E-state index in [0.717, 1.165) is 0 Å². The Morgan fingerprint density at radius 3 is 2.24 bits per heavy atom. The standard InChI is InChI=1S/C14H14F3NO3/c15-14(16,17)10(8-9-4-2-1-3-5-9)18-11(19)13(6-7-13)12(20)21/h1-5,10H,6-8H2,(H,18,19)(H,20,21). The molecule has 1 saturated carbocycles. The lowest BCUT2D eigenvalue weighted by Crippen LogP contribution is -2.50. The molecule has 0 aromatic heterocycles. The van der Waals surface area contributed by atoms with Gasteiger partial charge >= 0.3 is 12.1 Å². The maximum Gasteiger partial charge on any atom is 0.408 e. The molecular weight excluding hydrogens is 287 g/mol. The first-order valence-corrected chi connectivity index (χ1v) is 6.41. The minimum absolute atomic E-state index is 0.0735. The number of aliphatic carboxylic acids is 1. The van der Waals surface area contributed by atoms with E-state index in [0.29, 0.717) is 5.56 Å². The lowest BCUT2D eigenvalue weighted by molar-refractivity contribution is -0.166. The highest BCUT2D eigenvalue weighted by Gasteiger charge is 2.58. The number of hydrogen-bond donors (Lipinski definition) is 2. The molecule has 1 atom stereocenters. The highest BCUT2D eigenvalue weighted by molar-refractivity contribution is 6.04. The smallest absolute Gasteiger partial charge is 0.408 e. The molecule has 4 nitrogen and oxygen atoms in total. The number of amides is 1. The van der Waals surface area contributed by atoms with Crippen LogP contribution in [0.2, 0.25) is 0 Å². The lowest BCUT2D eigenvalue weighted by Gasteiger charge is -2.23. The van der Waals surface area contributed by atoms with E-state index >= 15 is 0 Å². The number of carboxylic acids is 1. The van der Waals surface area contributed by atoms with Crippen LogP contribution in [-0.4, -0.2) is 29.2 Å². The van der Waals surface area contributed by atoms with Crippen molar-refractivity contribution in [3.63, 3.8) is 0 Å². The van der Waals surface area contributed by atoms with Gasteiger partial charge < -0.3 is 10.4 Å². The molecule has 2 rings (SSSR count). The van der Waals surface area contributed by atoms with E-state index in [4.69, 9.17) is 5.11 Å². The molecule has 1 unspecified atom stereocenters. The van der Waals surface area contributed by atoms with E-state index in [1.807, 2.05) is 5.32 Å². The summed E-state index contributed by atoms with van der Waals surface area (Å²) in [6, 6.07) is 5.83. The summed E-state index contributed by atoms with van der Waals surface area (Å²) < 4.78 is 39.0. The molecule has 1 amide bonds. The summed E-state index contributed by atoms with van der Waals surface area (Å²) in [6.07, 6.45) is -4.92. The molecule has 0 radical (unpaired) electrons. The van der Waals surface area contributed by atoms with Gasteiger partial charge in [-0.15, -0.1) is 0 Å². The van der Waals surface area contributed by atoms with Crippen LogP contribution < -0.4 is 5.32 Å². The Morgan fingerprint density at radius 1 is 1.24 bits per heavy atom. The fraction of sp³-hybridized carbons (Fsp3) is 0.429. The number of hydrogen-bond acceptors (Lipinski definition) is 2. The summed E-state index contributed by atoms with van der Waals surface area (Å²) in [5.41, 5.74) is -1.26. The second kappa shape index (κ2) is 5.38. The van der Waals surface area contributed by atoms with Crippen molar-refractivity contribution >= 4 is 11.9 Å². The highest BCUT2D eigenvalue weighted by atomic mass is 19.4. The zero-order valence-electron chi connectivity index (χ0n) is 11.0. The van der Waals surface area contributed by atoms with E-state index in [2.05, 4.69) is 0 Å². The molecule has 0 aliphatic heterocycles. The molecule has 114 valence electrons. The largest absolute Gasteiger partial charge is 0.480 e. The number of halogens is 3. The Bertz CT molecular complexity index is 538. The SMILES string of the molecule is O=C(O)C1(C(=O)NC(Cc2ccccc2)C(F)(F)F)CC1. The third kappa shape index (κ3) is 3.34. The van der Waals surface area contributed by atoms with Gasteiger partial charge in [-0.05, 0) is 18.4 Å². The van der Waals surface area contributed by atoms with E-state index < -0.39 is 35.9 Å². The first kappa shape index (κ1) is 15.3. The second-order valence-corrected chi connectivity index (χ2v) is 5.14. The molecule has 21 heavy (non-hydrogen) atoms. The Balaban J connectivity index is 2.11. The number of carbonyl (C=O) groups excluding carboxylic acids is 1. The van der Waals surface area contributed by atoms with Crippen molar-refractivity contribution in [1.29, 1.82) is 0 Å². The molecule has 0 heterocycles. The van der Waals surface area contributed by atoms with Gasteiger partial charge in [0.15, 0.2) is 0 Å². The van der Waals surface area contributed by atoms with Gasteiger partial charge in [-0.2, -0.15) is 13.2 Å². The monoisotopic (exact) mass is 301 g/mol. The van der Waals surface area contributed by atoms with E-state index in [9.17, 15) is 22.8 Å². The van der Waals surface area contributed by atoms with Gasteiger partial charge in [-0.25, -0.2) is 0 Å². The molecule has 1 fully saturated rings. The third-order valence-corrected chi connectivity index (χ3v) is 3.58. The number of alkyl halides is 3. The van der Waals surface area contributed by atoms with E-state index in [-0.39, 0.29) is 12.8 Å². The molecule has 1 aliphatic rings. The summed E-state index contributed by atoms with van der Waals surface area (Å²) in [5.74, 6) is -2.44. The predicted octanol–water partition coefficient (Wildman–Crippen LogP) is 2.14. The summed E-state index contributed by atoms with van der Waals surface area (Å²) in [7, 11) is 0. The maximum absolute atomic E-state index is 13.0. The van der Waals surface area contributed by atoms with E-state index in [1.165, 1.54) is 12.1 Å². The minimum Gasteiger partial charge on any atom is -0.480 e. The topological polar surface area (TPSA) is 66.4 Å². The normalized spacial score (nSPS) is 17.9. The first-order chi connectivity index (χ1) is 9.75. The summed E-state index contributed by atoms with van der Waals surface area (Å²) in [6.45, 7) is 0. The van der Waals surface area contributed by atoms with Gasteiger partial charge in [0.2, 0.25) is 5.91 Å². The number of nitrogens with one attached hydrogen (secondary N) is 1. The van der Waals surface area contributed by atoms with Crippen molar-refractivity contribution in [2.24, 2.45) is 5.41 Å². The van der Waals surface area contributed by atoms with Gasteiger partial charge in [0, 0.05) is 6.42 Å². The summed E-state index contributed by atoms with van der Waals surface area (Å²) in [4.78, 5) is 22.8. The fourth-order valence-electron chi connectivity index (χ4n) is 2.06. The van der Waals surface area contributed by atoms with Crippen molar-refractivity contribution in [3.8, 4) is 0 Å². The molecular formula is C14H14F3NO3. The van der Waals surface area contributed by atoms with Crippen LogP contribution >= 0.6 is 0 Å². The van der Waals surface area contributed by atoms with Crippen LogP contribution in [0.25, 0.3) is 0 Å². The van der Waals surface area contributed by atoms with Crippen molar-refractivity contribution in [3.05, 3.63) is 35.9 Å². The van der Waals surface area contributed by atoms with Crippen molar-refractivity contribution in [2.45, 2.75) is 31.5 Å².